The minimum absolute atomic E-state index is 0. The van der Waals surface area contributed by atoms with Gasteiger partial charge in [-0.3, -0.25) is 10.1 Å². The molecule has 2 N–H and O–H groups in total. The van der Waals surface area contributed by atoms with Crippen LogP contribution in [0.3, 0.4) is 0 Å². The molecule has 7 nitrogen and oxygen atoms in total. The number of aromatic nitrogens is 3. The van der Waals surface area contributed by atoms with E-state index in [9.17, 15) is 0 Å². The number of nitrogens with zero attached hydrogens (tertiary/aromatic N) is 4. The van der Waals surface area contributed by atoms with Crippen molar-refractivity contribution in [1.82, 2.24) is 25.4 Å². The van der Waals surface area contributed by atoms with Gasteiger partial charge < -0.3 is 14.6 Å². The molecule has 4 rings (SSSR count). The van der Waals surface area contributed by atoms with Crippen molar-refractivity contribution in [3.63, 3.8) is 0 Å². The van der Waals surface area contributed by atoms with Gasteiger partial charge in [0.15, 0.2) is 11.7 Å². The Bertz CT molecular complexity index is 965. The molecule has 158 valence electrons. The third-order valence-corrected chi connectivity index (χ3v) is 4.87. The third kappa shape index (κ3) is 5.50. The van der Waals surface area contributed by atoms with Crippen LogP contribution in [0.15, 0.2) is 64.2 Å². The Morgan fingerprint density at radius 2 is 2.10 bits per heavy atom. The predicted octanol–water partition coefficient (Wildman–Crippen LogP) is 3.98. The van der Waals surface area contributed by atoms with Crippen LogP contribution in [0.25, 0.3) is 17.2 Å². The monoisotopic (exact) mass is 518 g/mol. The van der Waals surface area contributed by atoms with Crippen LogP contribution in [-0.2, 0) is 6.42 Å². The van der Waals surface area contributed by atoms with E-state index in [1.54, 1.807) is 6.26 Å². The van der Waals surface area contributed by atoms with Gasteiger partial charge in [-0.15, -0.1) is 24.0 Å². The van der Waals surface area contributed by atoms with E-state index in [1.165, 1.54) is 11.1 Å². The molecule has 1 aromatic carbocycles. The van der Waals surface area contributed by atoms with E-state index in [-0.39, 0.29) is 24.0 Å². The fraction of sp³-hybridized carbons (Fsp3) is 0.318. The maximum atomic E-state index is 5.33. The van der Waals surface area contributed by atoms with Gasteiger partial charge >= 0.3 is 0 Å². The van der Waals surface area contributed by atoms with Crippen LogP contribution in [0, 0.1) is 0 Å². The van der Waals surface area contributed by atoms with Gasteiger partial charge in [0.1, 0.15) is 5.82 Å². The lowest BCUT2D eigenvalue weighted by Gasteiger charge is -2.29. The number of nitrogens with one attached hydrogen (secondary N) is 2. The number of furan rings is 1. The lowest BCUT2D eigenvalue weighted by Crippen LogP contribution is -2.43. The number of benzene rings is 1. The fourth-order valence-corrected chi connectivity index (χ4v) is 3.39. The average molecular weight is 518 g/mol. The van der Waals surface area contributed by atoms with Gasteiger partial charge in [0, 0.05) is 32.6 Å². The number of rotatable bonds is 6. The summed E-state index contributed by atoms with van der Waals surface area (Å²) in [5.74, 6) is 3.00. The zero-order valence-electron chi connectivity index (χ0n) is 17.0. The first-order valence-electron chi connectivity index (χ1n) is 10.1. The number of hydrogen-bond acceptors (Lipinski definition) is 4. The van der Waals surface area contributed by atoms with Crippen molar-refractivity contribution < 1.29 is 4.42 Å². The van der Waals surface area contributed by atoms with E-state index in [1.807, 2.05) is 12.1 Å². The number of aromatic amines is 1. The largest absolute Gasteiger partial charge is 0.461 e. The highest BCUT2D eigenvalue weighted by Crippen LogP contribution is 2.22. The highest BCUT2D eigenvalue weighted by molar-refractivity contribution is 14.0. The number of H-pyrrole nitrogens is 1. The summed E-state index contributed by atoms with van der Waals surface area (Å²) in [4.78, 5) is 11.6. The first-order valence-corrected chi connectivity index (χ1v) is 10.1. The number of hydrogen-bond donors (Lipinski definition) is 2. The van der Waals surface area contributed by atoms with E-state index in [0.717, 1.165) is 37.8 Å². The number of halogens is 1. The summed E-state index contributed by atoms with van der Waals surface area (Å²) in [6, 6.07) is 14.3. The summed E-state index contributed by atoms with van der Waals surface area (Å²) < 4.78 is 5.33. The van der Waals surface area contributed by atoms with Gasteiger partial charge in [0.25, 0.3) is 0 Å². The van der Waals surface area contributed by atoms with Crippen molar-refractivity contribution in [2.24, 2.45) is 4.99 Å². The molecule has 1 aliphatic rings. The molecular weight excluding hydrogens is 491 g/mol. The van der Waals surface area contributed by atoms with Crippen LogP contribution < -0.4 is 5.32 Å². The van der Waals surface area contributed by atoms with Gasteiger partial charge in [0.05, 0.1) is 6.26 Å². The van der Waals surface area contributed by atoms with Crippen LogP contribution >= 0.6 is 24.0 Å². The van der Waals surface area contributed by atoms with Crippen molar-refractivity contribution >= 4 is 35.5 Å². The van der Waals surface area contributed by atoms with E-state index in [0.29, 0.717) is 24.6 Å². The van der Waals surface area contributed by atoms with E-state index in [4.69, 9.17) is 9.41 Å². The smallest absolute Gasteiger partial charge is 0.216 e. The number of aliphatic imine (C=N–C) groups is 1. The maximum Gasteiger partial charge on any atom is 0.216 e. The minimum Gasteiger partial charge on any atom is -0.461 e. The molecule has 0 unspecified atom stereocenters. The first-order chi connectivity index (χ1) is 14.3. The second kappa shape index (κ2) is 11.0. The molecular formula is C22H27IN6O. The number of guanidine groups is 1. The van der Waals surface area contributed by atoms with Gasteiger partial charge in [-0.25, -0.2) is 4.98 Å². The standard InChI is InChI=1S/C22H26N6O.HI/c1-2-23-22(28-14-11-18(12-15-28)17-7-4-3-5-8-17)24-13-10-20-25-21(27-26-20)19-9-6-16-29-19;/h3-9,11,16H,2,10,12-15H2,1H3,(H,23,24)(H,25,26,27);1H. The molecule has 0 bridgehead atoms. The summed E-state index contributed by atoms with van der Waals surface area (Å²) in [5.41, 5.74) is 2.72. The molecule has 8 heteroatoms. The second-order valence-electron chi connectivity index (χ2n) is 6.86. The third-order valence-electron chi connectivity index (χ3n) is 4.87. The van der Waals surface area contributed by atoms with Crippen LogP contribution in [-0.4, -0.2) is 52.2 Å². The molecule has 0 aliphatic carbocycles. The highest BCUT2D eigenvalue weighted by atomic mass is 127. The Hall–Kier alpha value is -2.62. The van der Waals surface area contributed by atoms with Crippen molar-refractivity contribution in [2.75, 3.05) is 26.2 Å². The summed E-state index contributed by atoms with van der Waals surface area (Å²) in [6.45, 7) is 5.39. The fourth-order valence-electron chi connectivity index (χ4n) is 3.39. The molecule has 2 aromatic heterocycles. The summed E-state index contributed by atoms with van der Waals surface area (Å²) in [7, 11) is 0. The molecule has 0 fully saturated rings. The molecule has 30 heavy (non-hydrogen) atoms. The van der Waals surface area contributed by atoms with Gasteiger partial charge in [-0.05, 0) is 36.6 Å². The molecule has 3 aromatic rings. The Balaban J connectivity index is 0.00000256. The zero-order valence-corrected chi connectivity index (χ0v) is 19.4. The first kappa shape index (κ1) is 22.1. The minimum atomic E-state index is 0. The Morgan fingerprint density at radius 3 is 2.80 bits per heavy atom. The summed E-state index contributed by atoms with van der Waals surface area (Å²) >= 11 is 0. The average Bonchev–Trinajstić information content (AvgIpc) is 3.46. The normalized spacial score (nSPS) is 14.2. The van der Waals surface area contributed by atoms with Crippen molar-refractivity contribution in [1.29, 1.82) is 0 Å². The molecule has 3 heterocycles. The second-order valence-corrected chi connectivity index (χ2v) is 6.86. The van der Waals surface area contributed by atoms with Crippen LogP contribution in [0.4, 0.5) is 0 Å². The lowest BCUT2D eigenvalue weighted by atomic mass is 10.00. The molecule has 1 aliphatic heterocycles. The SMILES string of the molecule is CCNC(=NCCc1nc(-c2ccco2)n[nH]1)N1CC=C(c2ccccc2)CC1.I. The van der Waals surface area contributed by atoms with E-state index < -0.39 is 0 Å². The molecule has 0 radical (unpaired) electrons. The van der Waals surface area contributed by atoms with E-state index >= 15 is 0 Å². The van der Waals surface area contributed by atoms with Crippen molar-refractivity contribution in [3.05, 3.63) is 66.2 Å². The molecule has 0 atom stereocenters. The van der Waals surface area contributed by atoms with Gasteiger partial charge in [-0.2, -0.15) is 5.10 Å². The summed E-state index contributed by atoms with van der Waals surface area (Å²) in [6.07, 6.45) is 5.64. The Morgan fingerprint density at radius 1 is 1.23 bits per heavy atom. The van der Waals surface area contributed by atoms with Crippen LogP contribution in [0.2, 0.25) is 0 Å². The molecule has 0 spiro atoms. The Labute approximate surface area is 193 Å². The topological polar surface area (TPSA) is 82.3 Å². The maximum absolute atomic E-state index is 5.33. The molecule has 0 saturated carbocycles. The zero-order chi connectivity index (χ0) is 19.9. The van der Waals surface area contributed by atoms with Crippen molar-refractivity contribution in [3.8, 4) is 11.6 Å². The van der Waals surface area contributed by atoms with Crippen molar-refractivity contribution in [2.45, 2.75) is 19.8 Å². The Kier molecular flexibility index (Phi) is 8.06. The predicted molar refractivity (Wildman–Crippen MR) is 130 cm³/mol. The lowest BCUT2D eigenvalue weighted by molar-refractivity contribution is 0.440. The van der Waals surface area contributed by atoms with E-state index in [2.05, 4.69) is 68.7 Å². The quantitative estimate of drug-likeness (QED) is 0.293. The summed E-state index contributed by atoms with van der Waals surface area (Å²) in [5, 5.41) is 10.6. The van der Waals surface area contributed by atoms with Crippen LogP contribution in [0.1, 0.15) is 24.7 Å². The van der Waals surface area contributed by atoms with Crippen LogP contribution in [0.5, 0.6) is 0 Å². The molecule has 0 saturated heterocycles. The molecule has 0 amide bonds. The highest BCUT2D eigenvalue weighted by Gasteiger charge is 2.16. The van der Waals surface area contributed by atoms with Gasteiger partial charge in [-0.1, -0.05) is 36.4 Å². The van der Waals surface area contributed by atoms with Gasteiger partial charge in [0.2, 0.25) is 5.82 Å².